The van der Waals surface area contributed by atoms with E-state index >= 15 is 0 Å². The number of quaternary nitrogens is 1. The number of aliphatic hydroxyl groups is 1. The third-order valence-electron chi connectivity index (χ3n) is 9.14. The van der Waals surface area contributed by atoms with Crippen LogP contribution in [0.3, 0.4) is 0 Å². The zero-order valence-electron chi connectivity index (χ0n) is 20.1. The van der Waals surface area contributed by atoms with Crippen LogP contribution in [0.2, 0.25) is 0 Å². The van der Waals surface area contributed by atoms with E-state index in [2.05, 4.69) is 19.9 Å². The van der Waals surface area contributed by atoms with E-state index < -0.39 is 17.0 Å². The quantitative estimate of drug-likeness (QED) is 0.521. The molecular weight excluding hydrogens is 406 g/mol. The van der Waals surface area contributed by atoms with Crippen LogP contribution in [0.5, 0.6) is 0 Å². The molecule has 1 N–H and O–H groups in total. The number of Topliss-reactive ketones (excluding diaryl/α,β-unsaturated/α-hetero) is 1. The van der Waals surface area contributed by atoms with Gasteiger partial charge in [0.15, 0.2) is 18.9 Å². The third-order valence-corrected chi connectivity index (χ3v) is 9.14. The van der Waals surface area contributed by atoms with Crippen molar-refractivity contribution in [1.82, 2.24) is 0 Å². The van der Waals surface area contributed by atoms with Crippen LogP contribution in [0.4, 0.5) is 0 Å². The topological polar surface area (TPSA) is 80.7 Å². The number of hydrogen-bond acceptors (Lipinski definition) is 5. The minimum Gasteiger partial charge on any atom is -0.453 e. The normalized spacial score (nSPS) is 40.8. The van der Waals surface area contributed by atoms with Gasteiger partial charge in [-0.3, -0.25) is 9.59 Å². The van der Waals surface area contributed by atoms with Gasteiger partial charge in [-0.05, 0) is 68.4 Å². The molecule has 0 heterocycles. The van der Waals surface area contributed by atoms with Gasteiger partial charge in [-0.15, -0.1) is 0 Å². The smallest absolute Gasteiger partial charge is 0.362 e. The summed E-state index contributed by atoms with van der Waals surface area (Å²) in [5.74, 6) is 0.386. The lowest BCUT2D eigenvalue weighted by atomic mass is 9.47. The maximum atomic E-state index is 13.2. The van der Waals surface area contributed by atoms with Crippen molar-refractivity contribution < 1.29 is 28.7 Å². The molecule has 4 aliphatic carbocycles. The highest BCUT2D eigenvalue weighted by molar-refractivity contribution is 6.01. The Balaban J connectivity index is 1.51. The first-order valence-electron chi connectivity index (χ1n) is 12.0. The Bertz CT molecular complexity index is 898. The number of nitrogens with zero attached hydrogens (tertiary/aromatic N) is 1. The second-order valence-electron chi connectivity index (χ2n) is 12.0. The molecule has 0 amide bonds. The molecule has 0 aliphatic heterocycles. The average molecular weight is 445 g/mol. The minimum atomic E-state index is -1.45. The Morgan fingerprint density at radius 3 is 2.50 bits per heavy atom. The molecule has 6 unspecified atom stereocenters. The molecule has 0 aromatic heterocycles. The first kappa shape index (κ1) is 23.4. The number of hydrogen-bond donors (Lipinski definition) is 1. The van der Waals surface area contributed by atoms with Gasteiger partial charge < -0.3 is 14.3 Å². The number of fused-ring (bicyclic) bond motifs is 5. The second-order valence-corrected chi connectivity index (χ2v) is 12.0. The van der Waals surface area contributed by atoms with Crippen molar-refractivity contribution >= 4 is 17.5 Å². The predicted molar refractivity (Wildman–Crippen MR) is 120 cm³/mol. The van der Waals surface area contributed by atoms with Gasteiger partial charge in [-0.2, -0.15) is 0 Å². The Kier molecular flexibility index (Phi) is 5.57. The highest BCUT2D eigenvalue weighted by atomic mass is 16.5. The Morgan fingerprint density at radius 2 is 1.81 bits per heavy atom. The molecule has 6 heteroatoms. The van der Waals surface area contributed by atoms with Gasteiger partial charge in [-0.25, -0.2) is 4.79 Å². The summed E-state index contributed by atoms with van der Waals surface area (Å²) in [7, 11) is 5.67. The van der Waals surface area contributed by atoms with Crippen LogP contribution >= 0.6 is 0 Å². The van der Waals surface area contributed by atoms with E-state index in [0.717, 1.165) is 32.1 Å². The van der Waals surface area contributed by atoms with E-state index in [4.69, 9.17) is 4.74 Å². The molecule has 6 atom stereocenters. The van der Waals surface area contributed by atoms with Crippen molar-refractivity contribution in [2.24, 2.45) is 28.6 Å². The molecule has 4 aliphatic rings. The summed E-state index contributed by atoms with van der Waals surface area (Å²) >= 11 is 0. The highest BCUT2D eigenvalue weighted by Crippen LogP contribution is 2.67. The molecule has 32 heavy (non-hydrogen) atoms. The molecule has 0 bridgehead atoms. The monoisotopic (exact) mass is 444 g/mol. The SMILES string of the molecule is CC12C=CC(=O)C=C1CCC1C2CCC2(C)C1CCC2(O)C(=O)COC(=O)C[N+](C)(C)C. The van der Waals surface area contributed by atoms with Crippen molar-refractivity contribution in [2.75, 3.05) is 34.3 Å². The third kappa shape index (κ3) is 3.60. The number of carbonyl (C=O) groups excluding carboxylic acids is 3. The number of ketones is 2. The van der Waals surface area contributed by atoms with Gasteiger partial charge in [0, 0.05) is 10.8 Å². The average Bonchev–Trinajstić information content (AvgIpc) is 2.97. The van der Waals surface area contributed by atoms with Gasteiger partial charge in [0.1, 0.15) is 5.60 Å². The van der Waals surface area contributed by atoms with Crippen molar-refractivity contribution in [2.45, 2.75) is 58.0 Å². The van der Waals surface area contributed by atoms with E-state index in [0.29, 0.717) is 22.7 Å². The molecule has 0 saturated heterocycles. The lowest BCUT2D eigenvalue weighted by Crippen LogP contribution is -2.58. The fraction of sp³-hybridized carbons (Fsp3) is 0.731. The lowest BCUT2D eigenvalue weighted by molar-refractivity contribution is -0.862. The number of carbonyl (C=O) groups is 3. The molecule has 3 saturated carbocycles. The van der Waals surface area contributed by atoms with Crippen LogP contribution in [0.15, 0.2) is 23.8 Å². The Hall–Kier alpha value is -1.79. The Labute approximate surface area is 191 Å². The molecule has 0 aromatic rings. The summed E-state index contributed by atoms with van der Waals surface area (Å²) in [5, 5.41) is 11.7. The largest absolute Gasteiger partial charge is 0.453 e. The Morgan fingerprint density at radius 1 is 1.12 bits per heavy atom. The summed E-state index contributed by atoms with van der Waals surface area (Å²) in [6.07, 6.45) is 10.4. The molecule has 176 valence electrons. The van der Waals surface area contributed by atoms with Gasteiger partial charge >= 0.3 is 5.97 Å². The van der Waals surface area contributed by atoms with Crippen LogP contribution in [0.25, 0.3) is 0 Å². The van der Waals surface area contributed by atoms with Crippen LogP contribution < -0.4 is 0 Å². The van der Waals surface area contributed by atoms with Gasteiger partial charge in [0.05, 0.1) is 21.1 Å². The number of ether oxygens (including phenoxy) is 1. The second kappa shape index (κ2) is 7.63. The summed E-state index contributed by atoms with van der Waals surface area (Å²) in [4.78, 5) is 37.2. The summed E-state index contributed by atoms with van der Waals surface area (Å²) in [6.45, 7) is 4.14. The molecular formula is C26H38NO5+. The zero-order chi connectivity index (χ0) is 23.5. The number of rotatable bonds is 5. The van der Waals surface area contributed by atoms with E-state index in [9.17, 15) is 19.5 Å². The standard InChI is InChI=1S/C26H38NO5/c1-24-11-8-18(28)14-17(24)6-7-19-20(24)9-12-25(2)21(19)10-13-26(25,31)22(29)16-32-23(30)15-27(3,4)5/h8,11,14,19-21,31H,6-7,9-10,12-13,15-16H2,1-5H3/q+1. The number of likely N-dealkylation sites (N-methyl/N-ethyl adjacent to an activating group) is 1. The molecule has 0 spiro atoms. The van der Waals surface area contributed by atoms with Crippen molar-refractivity contribution in [3.63, 3.8) is 0 Å². The fourth-order valence-corrected chi connectivity index (χ4v) is 7.37. The maximum Gasteiger partial charge on any atom is 0.362 e. The minimum absolute atomic E-state index is 0.0808. The summed E-state index contributed by atoms with van der Waals surface area (Å²) in [6, 6.07) is 0. The fourth-order valence-electron chi connectivity index (χ4n) is 7.37. The van der Waals surface area contributed by atoms with Crippen molar-refractivity contribution in [3.8, 4) is 0 Å². The first-order chi connectivity index (χ1) is 14.8. The first-order valence-corrected chi connectivity index (χ1v) is 12.0. The number of allylic oxidation sites excluding steroid dienone is 4. The van der Waals surface area contributed by atoms with Crippen molar-refractivity contribution in [1.29, 1.82) is 0 Å². The van der Waals surface area contributed by atoms with Gasteiger partial charge in [0.25, 0.3) is 0 Å². The van der Waals surface area contributed by atoms with E-state index in [1.807, 2.05) is 27.2 Å². The van der Waals surface area contributed by atoms with E-state index in [1.165, 1.54) is 5.57 Å². The lowest BCUT2D eigenvalue weighted by Gasteiger charge is -2.57. The molecule has 4 rings (SSSR count). The zero-order valence-corrected chi connectivity index (χ0v) is 20.1. The molecule has 0 radical (unpaired) electrons. The predicted octanol–water partition coefficient (Wildman–Crippen LogP) is 2.84. The molecule has 6 nitrogen and oxygen atoms in total. The van der Waals surface area contributed by atoms with Gasteiger partial charge in [-0.1, -0.05) is 25.5 Å². The van der Waals surface area contributed by atoms with Crippen LogP contribution in [0, 0.1) is 28.6 Å². The molecule has 0 aromatic carbocycles. The van der Waals surface area contributed by atoms with Crippen LogP contribution in [-0.4, -0.2) is 67.0 Å². The highest BCUT2D eigenvalue weighted by Gasteiger charge is 2.66. The molecule has 3 fully saturated rings. The van der Waals surface area contributed by atoms with Crippen LogP contribution in [-0.2, 0) is 19.1 Å². The number of esters is 1. The van der Waals surface area contributed by atoms with E-state index in [-0.39, 0.29) is 36.1 Å². The van der Waals surface area contributed by atoms with E-state index in [1.54, 1.807) is 6.08 Å². The van der Waals surface area contributed by atoms with Crippen molar-refractivity contribution in [3.05, 3.63) is 23.8 Å². The van der Waals surface area contributed by atoms with Crippen LogP contribution in [0.1, 0.15) is 52.4 Å². The summed E-state index contributed by atoms with van der Waals surface area (Å²) in [5.41, 5.74) is -0.828. The summed E-state index contributed by atoms with van der Waals surface area (Å²) < 4.78 is 5.70. The van der Waals surface area contributed by atoms with Gasteiger partial charge in [0.2, 0.25) is 5.78 Å². The maximum absolute atomic E-state index is 13.2.